The van der Waals surface area contributed by atoms with Crippen molar-refractivity contribution in [2.75, 3.05) is 0 Å². The highest BCUT2D eigenvalue weighted by Gasteiger charge is 2.64. The first-order valence-electron chi connectivity index (χ1n) is 3.90. The van der Waals surface area contributed by atoms with E-state index >= 15 is 0 Å². The number of allylic oxidation sites excluding steroid dienone is 3. The van der Waals surface area contributed by atoms with Crippen LogP contribution >= 0.6 is 0 Å². The topological polar surface area (TPSA) is 43.4 Å². The van der Waals surface area contributed by atoms with Gasteiger partial charge in [-0.15, -0.1) is 0 Å². The fourth-order valence-electron chi connectivity index (χ4n) is 2.16. The van der Waals surface area contributed by atoms with Gasteiger partial charge < -0.3 is 4.74 Å². The highest BCUT2D eigenvalue weighted by molar-refractivity contribution is 6.17. The number of cyclic esters (lactones) is 2. The van der Waals surface area contributed by atoms with Crippen molar-refractivity contribution in [3.63, 3.8) is 0 Å². The van der Waals surface area contributed by atoms with E-state index in [-0.39, 0.29) is 17.9 Å². The summed E-state index contributed by atoms with van der Waals surface area (Å²) in [6.07, 6.45) is 6.47. The Morgan fingerprint density at radius 3 is 2.50 bits per heavy atom. The zero-order chi connectivity index (χ0) is 8.34. The molecule has 12 heavy (non-hydrogen) atoms. The van der Waals surface area contributed by atoms with E-state index in [1.165, 1.54) is 0 Å². The van der Waals surface area contributed by atoms with Crippen molar-refractivity contribution >= 4 is 11.9 Å². The lowest BCUT2D eigenvalue weighted by atomic mass is 9.74. The maximum Gasteiger partial charge on any atom is 0.335 e. The second-order valence-electron chi connectivity index (χ2n) is 3.43. The van der Waals surface area contributed by atoms with Crippen molar-refractivity contribution < 1.29 is 14.3 Å². The van der Waals surface area contributed by atoms with Crippen molar-refractivity contribution in [2.45, 2.75) is 6.42 Å². The molecule has 0 N–H and O–H groups in total. The monoisotopic (exact) mass is 162 g/mol. The van der Waals surface area contributed by atoms with Gasteiger partial charge in [-0.1, -0.05) is 18.2 Å². The number of hydrogen-bond acceptors (Lipinski definition) is 3. The van der Waals surface area contributed by atoms with E-state index in [4.69, 9.17) is 0 Å². The predicted octanol–water partition coefficient (Wildman–Crippen LogP) is 0.572. The molecular formula is C9H6O3. The Balaban J connectivity index is 2.16. The summed E-state index contributed by atoms with van der Waals surface area (Å²) in [7, 11) is 0. The fourth-order valence-corrected chi connectivity index (χ4v) is 2.16. The van der Waals surface area contributed by atoms with Gasteiger partial charge in [0.25, 0.3) is 0 Å². The minimum absolute atomic E-state index is 0.0428. The Morgan fingerprint density at radius 2 is 2.17 bits per heavy atom. The molecule has 2 aliphatic carbocycles. The van der Waals surface area contributed by atoms with Crippen LogP contribution in [0, 0.1) is 11.3 Å². The Labute approximate surface area is 68.7 Å². The van der Waals surface area contributed by atoms with Crippen LogP contribution in [-0.4, -0.2) is 11.9 Å². The smallest absolute Gasteiger partial charge is 0.335 e. The lowest BCUT2D eigenvalue weighted by Gasteiger charge is -2.35. The summed E-state index contributed by atoms with van der Waals surface area (Å²) >= 11 is 0. The van der Waals surface area contributed by atoms with E-state index in [2.05, 4.69) is 4.74 Å². The molecule has 0 saturated carbocycles. The van der Waals surface area contributed by atoms with Crippen LogP contribution in [0.2, 0.25) is 0 Å². The van der Waals surface area contributed by atoms with Crippen LogP contribution in [0.3, 0.4) is 0 Å². The van der Waals surface area contributed by atoms with Gasteiger partial charge in [-0.3, -0.25) is 0 Å². The van der Waals surface area contributed by atoms with E-state index in [1.54, 1.807) is 6.08 Å². The molecule has 1 spiro atoms. The molecule has 1 aliphatic heterocycles. The molecule has 0 aromatic heterocycles. The first kappa shape index (κ1) is 6.17. The van der Waals surface area contributed by atoms with Crippen molar-refractivity contribution in [1.29, 1.82) is 0 Å². The Hall–Kier alpha value is -1.38. The number of fused-ring (bicyclic) bond motifs is 3. The molecule has 3 heteroatoms. The number of rotatable bonds is 0. The van der Waals surface area contributed by atoms with Crippen LogP contribution in [0.15, 0.2) is 23.8 Å². The largest absolute Gasteiger partial charge is 0.391 e. The molecule has 1 heterocycles. The normalized spacial score (nSPS) is 33.7. The molecule has 3 nitrogen and oxygen atoms in total. The quantitative estimate of drug-likeness (QED) is 0.386. The second-order valence-corrected chi connectivity index (χ2v) is 3.43. The predicted molar refractivity (Wildman–Crippen MR) is 38.9 cm³/mol. The van der Waals surface area contributed by atoms with Crippen molar-refractivity contribution in [3.8, 4) is 0 Å². The first-order valence-corrected chi connectivity index (χ1v) is 3.90. The van der Waals surface area contributed by atoms with Gasteiger partial charge >= 0.3 is 11.9 Å². The summed E-state index contributed by atoms with van der Waals surface area (Å²) in [6.45, 7) is 0. The van der Waals surface area contributed by atoms with E-state index < -0.39 is 5.41 Å². The highest BCUT2D eigenvalue weighted by atomic mass is 16.6. The first-order chi connectivity index (χ1) is 5.73. The molecular weight excluding hydrogens is 156 g/mol. The third-order valence-corrected chi connectivity index (χ3v) is 2.86. The average Bonchev–Trinajstić information content (AvgIpc) is 2.63. The number of ether oxygens (including phenoxy) is 1. The van der Waals surface area contributed by atoms with Gasteiger partial charge in [-0.25, -0.2) is 9.59 Å². The molecule has 1 unspecified atom stereocenters. The maximum atomic E-state index is 11.1. The Bertz CT molecular complexity index is 348. The molecule has 1 atom stereocenters. The van der Waals surface area contributed by atoms with Gasteiger partial charge in [0.2, 0.25) is 0 Å². The van der Waals surface area contributed by atoms with Gasteiger partial charge in [-0.2, -0.15) is 0 Å². The SMILES string of the molecule is O=C1OC(=O)C12C=C1C=CC2C1. The van der Waals surface area contributed by atoms with Crippen molar-refractivity contribution in [2.24, 2.45) is 11.3 Å². The molecule has 1 fully saturated rings. The van der Waals surface area contributed by atoms with Gasteiger partial charge in [0, 0.05) is 5.92 Å². The van der Waals surface area contributed by atoms with E-state index in [9.17, 15) is 9.59 Å². The van der Waals surface area contributed by atoms with E-state index in [0.29, 0.717) is 0 Å². The van der Waals surface area contributed by atoms with Gasteiger partial charge in [0.05, 0.1) is 0 Å². The molecule has 2 bridgehead atoms. The van der Waals surface area contributed by atoms with Crippen LogP contribution in [0.5, 0.6) is 0 Å². The number of carbonyl (C=O) groups excluding carboxylic acids is 2. The molecule has 0 radical (unpaired) electrons. The van der Waals surface area contributed by atoms with Crippen LogP contribution < -0.4 is 0 Å². The van der Waals surface area contributed by atoms with Crippen LogP contribution in [0.25, 0.3) is 0 Å². The van der Waals surface area contributed by atoms with Gasteiger partial charge in [0.1, 0.15) is 0 Å². The van der Waals surface area contributed by atoms with E-state index in [0.717, 1.165) is 12.0 Å². The van der Waals surface area contributed by atoms with Gasteiger partial charge in [0.15, 0.2) is 5.41 Å². The zero-order valence-electron chi connectivity index (χ0n) is 6.24. The molecule has 1 saturated heterocycles. The minimum atomic E-state index is -0.899. The average molecular weight is 162 g/mol. The lowest BCUT2D eigenvalue weighted by molar-refractivity contribution is -0.194. The Morgan fingerprint density at radius 1 is 1.42 bits per heavy atom. The van der Waals surface area contributed by atoms with E-state index in [1.807, 2.05) is 12.2 Å². The summed E-state index contributed by atoms with van der Waals surface area (Å²) in [6, 6.07) is 0. The molecule has 3 rings (SSSR count). The summed E-state index contributed by atoms with van der Waals surface area (Å²) < 4.78 is 4.37. The third-order valence-electron chi connectivity index (χ3n) is 2.86. The maximum absolute atomic E-state index is 11.1. The summed E-state index contributed by atoms with van der Waals surface area (Å²) in [5.41, 5.74) is 0.189. The summed E-state index contributed by atoms with van der Waals surface area (Å²) in [4.78, 5) is 22.3. The number of carbonyl (C=O) groups is 2. The molecule has 60 valence electrons. The minimum Gasteiger partial charge on any atom is -0.391 e. The van der Waals surface area contributed by atoms with Crippen LogP contribution in [0.4, 0.5) is 0 Å². The third kappa shape index (κ3) is 0.418. The summed E-state index contributed by atoms with van der Waals surface area (Å²) in [5, 5.41) is 0. The van der Waals surface area contributed by atoms with Crippen molar-refractivity contribution in [3.05, 3.63) is 23.8 Å². The van der Waals surface area contributed by atoms with Crippen LogP contribution in [-0.2, 0) is 14.3 Å². The van der Waals surface area contributed by atoms with Crippen LogP contribution in [0.1, 0.15) is 6.42 Å². The van der Waals surface area contributed by atoms with Crippen molar-refractivity contribution in [1.82, 2.24) is 0 Å². The number of esters is 2. The summed E-state index contributed by atoms with van der Waals surface area (Å²) in [5.74, 6) is -0.713. The fraction of sp³-hybridized carbons (Fsp3) is 0.333. The number of hydrogen-bond donors (Lipinski definition) is 0. The molecule has 3 aliphatic rings. The highest BCUT2D eigenvalue weighted by Crippen LogP contribution is 2.52. The molecule has 0 aromatic carbocycles. The standard InChI is InChI=1S/C9H6O3/c10-7-9(8(11)12-7)4-5-1-2-6(9)3-5/h1-2,4,6H,3H2. The second kappa shape index (κ2) is 1.53. The van der Waals surface area contributed by atoms with Gasteiger partial charge in [-0.05, 0) is 12.0 Å². The zero-order valence-corrected chi connectivity index (χ0v) is 6.24. The Kier molecular flexibility index (Phi) is 0.786. The molecule has 0 amide bonds. The lowest BCUT2D eigenvalue weighted by Crippen LogP contribution is -2.54. The molecule has 0 aromatic rings.